The molecule has 1 fully saturated rings. The lowest BCUT2D eigenvalue weighted by Crippen LogP contribution is -2.41. The van der Waals surface area contributed by atoms with Gasteiger partial charge in [0.1, 0.15) is 12.1 Å². The molecule has 1 N–H and O–H groups in total. The molecule has 1 aliphatic rings. The van der Waals surface area contributed by atoms with Crippen LogP contribution in [0.2, 0.25) is 0 Å². The molecule has 162 valence electrons. The topological polar surface area (TPSA) is 97.7 Å². The number of aromatic nitrogens is 1. The number of Topliss-reactive ketones (excluding diaryl/α,β-unsaturated/α-hetero) is 1. The molecular weight excluding hydrogens is 398 g/mol. The molecule has 0 aliphatic carbocycles. The van der Waals surface area contributed by atoms with Crippen molar-refractivity contribution in [3.8, 4) is 0 Å². The van der Waals surface area contributed by atoms with Gasteiger partial charge in [0.2, 0.25) is 5.78 Å². The summed E-state index contributed by atoms with van der Waals surface area (Å²) in [6.07, 6.45) is 1.73. The molecule has 0 saturated carbocycles. The number of nitrogens with one attached hydrogen (secondary N) is 1. The van der Waals surface area contributed by atoms with Crippen LogP contribution in [0.5, 0.6) is 0 Å². The number of ether oxygens (including phenoxy) is 1. The van der Waals surface area contributed by atoms with Gasteiger partial charge in [0.05, 0.1) is 0 Å². The number of imide groups is 1. The first-order valence-electron chi connectivity index (χ1n) is 9.85. The number of carbonyl (C=O) groups is 4. The Balaban J connectivity index is 1.63. The standard InChI is InChI=1S/C23H25N3O5/c1-5-11-25-15(2)12-18(16(25)3)19(27)14-31-20(28)13-26-21(29)23(4,24-22(26)30)17-9-7-6-8-10-17/h5-10,12H,1,11,13-14H2,2-4H3,(H,24,30)/t23-/m0/s1. The lowest BCUT2D eigenvalue weighted by molar-refractivity contribution is -0.146. The first-order valence-corrected chi connectivity index (χ1v) is 9.85. The van der Waals surface area contributed by atoms with E-state index in [1.807, 2.05) is 18.4 Å². The van der Waals surface area contributed by atoms with E-state index in [9.17, 15) is 19.2 Å². The number of aryl methyl sites for hydroxylation is 1. The number of rotatable bonds is 8. The molecular formula is C23H25N3O5. The van der Waals surface area contributed by atoms with Gasteiger partial charge in [-0.3, -0.25) is 19.3 Å². The van der Waals surface area contributed by atoms with Crippen LogP contribution in [0.4, 0.5) is 4.79 Å². The predicted octanol–water partition coefficient (Wildman–Crippen LogP) is 2.48. The van der Waals surface area contributed by atoms with E-state index in [0.29, 0.717) is 17.7 Å². The van der Waals surface area contributed by atoms with Crippen LogP contribution in [0.3, 0.4) is 0 Å². The van der Waals surface area contributed by atoms with E-state index in [1.54, 1.807) is 49.4 Å². The highest BCUT2D eigenvalue weighted by Crippen LogP contribution is 2.28. The molecule has 1 aromatic carbocycles. The van der Waals surface area contributed by atoms with E-state index in [1.165, 1.54) is 0 Å². The van der Waals surface area contributed by atoms with E-state index in [2.05, 4.69) is 11.9 Å². The van der Waals surface area contributed by atoms with Gasteiger partial charge >= 0.3 is 12.0 Å². The molecule has 3 amide bonds. The van der Waals surface area contributed by atoms with Gasteiger partial charge in [-0.1, -0.05) is 36.4 Å². The van der Waals surface area contributed by atoms with Crippen LogP contribution in [0.1, 0.15) is 34.2 Å². The maximum absolute atomic E-state index is 12.8. The van der Waals surface area contributed by atoms with Crippen molar-refractivity contribution in [2.45, 2.75) is 32.9 Å². The summed E-state index contributed by atoms with van der Waals surface area (Å²) in [4.78, 5) is 50.7. The van der Waals surface area contributed by atoms with Crippen molar-refractivity contribution < 1.29 is 23.9 Å². The molecule has 0 unspecified atom stereocenters. The highest BCUT2D eigenvalue weighted by Gasteiger charge is 2.49. The normalized spacial score (nSPS) is 18.1. The second kappa shape index (κ2) is 8.59. The van der Waals surface area contributed by atoms with Crippen molar-refractivity contribution in [3.05, 3.63) is 71.6 Å². The second-order valence-corrected chi connectivity index (χ2v) is 7.58. The molecule has 2 heterocycles. The summed E-state index contributed by atoms with van der Waals surface area (Å²) in [5.74, 6) is -1.75. The maximum atomic E-state index is 12.8. The zero-order valence-corrected chi connectivity index (χ0v) is 17.8. The quantitative estimate of drug-likeness (QED) is 0.304. The molecule has 8 nitrogen and oxygen atoms in total. The number of amides is 3. The summed E-state index contributed by atoms with van der Waals surface area (Å²) in [7, 11) is 0. The monoisotopic (exact) mass is 423 g/mol. The molecule has 1 saturated heterocycles. The Hall–Kier alpha value is -3.68. The van der Waals surface area contributed by atoms with Gasteiger partial charge in [0.25, 0.3) is 5.91 Å². The van der Waals surface area contributed by atoms with Crippen molar-refractivity contribution in [1.29, 1.82) is 0 Å². The Morgan fingerprint density at radius 2 is 1.87 bits per heavy atom. The summed E-state index contributed by atoms with van der Waals surface area (Å²) in [6.45, 7) is 8.48. The first-order chi connectivity index (χ1) is 14.7. The Bertz CT molecular complexity index is 1060. The third kappa shape index (κ3) is 4.14. The lowest BCUT2D eigenvalue weighted by atomic mass is 9.92. The Morgan fingerprint density at radius 1 is 1.19 bits per heavy atom. The van der Waals surface area contributed by atoms with Crippen molar-refractivity contribution in [2.24, 2.45) is 0 Å². The molecule has 0 radical (unpaired) electrons. The van der Waals surface area contributed by atoms with Gasteiger partial charge in [-0.25, -0.2) is 4.79 Å². The summed E-state index contributed by atoms with van der Waals surface area (Å²) in [5.41, 5.74) is 1.45. The van der Waals surface area contributed by atoms with Crippen LogP contribution in [0.25, 0.3) is 0 Å². The summed E-state index contributed by atoms with van der Waals surface area (Å²) < 4.78 is 6.99. The second-order valence-electron chi connectivity index (χ2n) is 7.58. The minimum Gasteiger partial charge on any atom is -0.456 e. The third-order valence-electron chi connectivity index (χ3n) is 5.46. The zero-order chi connectivity index (χ0) is 22.8. The fourth-order valence-corrected chi connectivity index (χ4v) is 3.70. The van der Waals surface area contributed by atoms with Gasteiger partial charge in [-0.15, -0.1) is 6.58 Å². The van der Waals surface area contributed by atoms with E-state index < -0.39 is 36.6 Å². The summed E-state index contributed by atoms with van der Waals surface area (Å²) in [6, 6.07) is 9.81. The van der Waals surface area contributed by atoms with E-state index in [4.69, 9.17) is 4.74 Å². The van der Waals surface area contributed by atoms with Crippen LogP contribution >= 0.6 is 0 Å². The van der Waals surface area contributed by atoms with Crippen LogP contribution in [-0.2, 0) is 26.4 Å². The Labute approximate surface area is 180 Å². The fraction of sp³-hybridized carbons (Fsp3) is 0.304. The zero-order valence-electron chi connectivity index (χ0n) is 17.8. The molecule has 2 aromatic rings. The van der Waals surface area contributed by atoms with E-state index >= 15 is 0 Å². The van der Waals surface area contributed by atoms with Gasteiger partial charge in [-0.2, -0.15) is 0 Å². The molecule has 31 heavy (non-hydrogen) atoms. The minimum atomic E-state index is -1.27. The number of nitrogens with zero attached hydrogens (tertiary/aromatic N) is 2. The van der Waals surface area contributed by atoms with Crippen molar-refractivity contribution in [2.75, 3.05) is 13.2 Å². The molecule has 3 rings (SSSR count). The third-order valence-corrected chi connectivity index (χ3v) is 5.46. The number of hydrogen-bond acceptors (Lipinski definition) is 5. The maximum Gasteiger partial charge on any atom is 0.326 e. The van der Waals surface area contributed by atoms with Gasteiger partial charge < -0.3 is 14.6 Å². The molecule has 1 atom stereocenters. The lowest BCUT2D eigenvalue weighted by Gasteiger charge is -2.21. The van der Waals surface area contributed by atoms with Gasteiger partial charge in [-0.05, 0) is 32.4 Å². The Morgan fingerprint density at radius 3 is 2.52 bits per heavy atom. The highest BCUT2D eigenvalue weighted by atomic mass is 16.5. The molecule has 1 aromatic heterocycles. The SMILES string of the molecule is C=CCn1c(C)cc(C(=O)COC(=O)CN2C(=O)N[C@@](C)(c3ccccc3)C2=O)c1C. The first kappa shape index (κ1) is 22.0. The van der Waals surface area contributed by atoms with E-state index in [-0.39, 0.29) is 5.78 Å². The minimum absolute atomic E-state index is 0.358. The average Bonchev–Trinajstić information content (AvgIpc) is 3.15. The van der Waals surface area contributed by atoms with Gasteiger partial charge in [0, 0.05) is 23.5 Å². The van der Waals surface area contributed by atoms with Crippen LogP contribution in [0.15, 0.2) is 49.1 Å². The number of benzene rings is 1. The Kier molecular flexibility index (Phi) is 6.10. The van der Waals surface area contributed by atoms with Crippen molar-refractivity contribution >= 4 is 23.7 Å². The van der Waals surface area contributed by atoms with Crippen LogP contribution < -0.4 is 5.32 Å². The van der Waals surface area contributed by atoms with Crippen LogP contribution in [-0.4, -0.2) is 46.3 Å². The number of ketones is 1. The highest BCUT2D eigenvalue weighted by molar-refractivity contribution is 6.09. The molecule has 1 aliphatic heterocycles. The largest absolute Gasteiger partial charge is 0.456 e. The van der Waals surface area contributed by atoms with Crippen LogP contribution in [0, 0.1) is 13.8 Å². The van der Waals surface area contributed by atoms with E-state index in [0.717, 1.165) is 16.3 Å². The van der Waals surface area contributed by atoms with Gasteiger partial charge in [0.15, 0.2) is 6.61 Å². The van der Waals surface area contributed by atoms with Crippen molar-refractivity contribution in [1.82, 2.24) is 14.8 Å². The molecule has 0 bridgehead atoms. The number of carbonyl (C=O) groups excluding carboxylic acids is 4. The predicted molar refractivity (Wildman–Crippen MR) is 113 cm³/mol. The number of urea groups is 1. The smallest absolute Gasteiger partial charge is 0.326 e. The summed E-state index contributed by atoms with van der Waals surface area (Å²) >= 11 is 0. The number of hydrogen-bond donors (Lipinski definition) is 1. The fourth-order valence-electron chi connectivity index (χ4n) is 3.70. The number of allylic oxidation sites excluding steroid dienone is 1. The van der Waals surface area contributed by atoms with Crippen molar-refractivity contribution in [3.63, 3.8) is 0 Å². The molecule has 8 heteroatoms. The summed E-state index contributed by atoms with van der Waals surface area (Å²) in [5, 5.41) is 2.62. The average molecular weight is 423 g/mol. The molecule has 0 spiro atoms. The number of esters is 1.